The first-order valence-corrected chi connectivity index (χ1v) is 18.3. The number of ether oxygens (including phenoxy) is 4. The SMILES string of the molecule is C=CCOC(=O)c1cncc(OCCCCCOc2cc(N)c(C(=O)N3CC(=C)C[C@H]3CO[Si](C)(C)C(C)(C)C)cc2OC)c1. The summed E-state index contributed by atoms with van der Waals surface area (Å²) < 4.78 is 28.8. The number of nitrogens with two attached hydrogens (primary N) is 1. The lowest BCUT2D eigenvalue weighted by Crippen LogP contribution is -2.46. The van der Waals surface area contributed by atoms with Gasteiger partial charge in [-0.05, 0) is 55.9 Å². The molecule has 1 fully saturated rings. The Bertz CT molecular complexity index is 1360. The lowest BCUT2D eigenvalue weighted by atomic mass is 10.1. The quantitative estimate of drug-likeness (QED) is 0.0727. The van der Waals surface area contributed by atoms with Gasteiger partial charge in [0.05, 0.1) is 50.3 Å². The van der Waals surface area contributed by atoms with Crippen molar-refractivity contribution >= 4 is 25.9 Å². The Hall–Kier alpha value is -3.83. The van der Waals surface area contributed by atoms with Crippen LogP contribution in [0.5, 0.6) is 17.2 Å². The highest BCUT2D eigenvalue weighted by Crippen LogP contribution is 2.38. The highest BCUT2D eigenvalue weighted by atomic mass is 28.4. The number of likely N-dealkylation sites (tertiary alicyclic amines) is 1. The number of methoxy groups -OCH3 is 1. The van der Waals surface area contributed by atoms with Crippen molar-refractivity contribution in [3.63, 3.8) is 0 Å². The van der Waals surface area contributed by atoms with Gasteiger partial charge in [0.25, 0.3) is 5.91 Å². The topological polar surface area (TPSA) is 122 Å². The third kappa shape index (κ3) is 9.83. The number of carbonyl (C=O) groups is 2. The zero-order valence-corrected chi connectivity index (χ0v) is 28.6. The summed E-state index contributed by atoms with van der Waals surface area (Å²) in [7, 11) is -0.435. The Labute approximate surface area is 268 Å². The zero-order valence-electron chi connectivity index (χ0n) is 27.6. The van der Waals surface area contributed by atoms with Crippen molar-refractivity contribution in [1.29, 1.82) is 0 Å². The van der Waals surface area contributed by atoms with Crippen LogP contribution in [0.15, 0.2) is 55.4 Å². The van der Waals surface area contributed by atoms with E-state index < -0.39 is 14.3 Å². The molecule has 3 rings (SSSR count). The largest absolute Gasteiger partial charge is 0.493 e. The highest BCUT2D eigenvalue weighted by molar-refractivity contribution is 6.74. The molecule has 2 N–H and O–H groups in total. The number of esters is 1. The monoisotopic (exact) mass is 639 g/mol. The second-order valence-electron chi connectivity index (χ2n) is 12.8. The lowest BCUT2D eigenvalue weighted by Gasteiger charge is -2.38. The van der Waals surface area contributed by atoms with E-state index >= 15 is 0 Å². The Morgan fingerprint density at radius 2 is 1.80 bits per heavy atom. The molecule has 1 aliphatic rings. The summed E-state index contributed by atoms with van der Waals surface area (Å²) >= 11 is 0. The number of unbranched alkanes of at least 4 members (excludes halogenated alkanes) is 2. The number of pyridine rings is 1. The maximum Gasteiger partial charge on any atom is 0.340 e. The first-order chi connectivity index (χ1) is 21.3. The van der Waals surface area contributed by atoms with Crippen molar-refractivity contribution in [1.82, 2.24) is 9.88 Å². The number of aromatic nitrogens is 1. The zero-order chi connectivity index (χ0) is 33.2. The van der Waals surface area contributed by atoms with Crippen molar-refractivity contribution in [2.24, 2.45) is 0 Å². The Morgan fingerprint density at radius 1 is 1.09 bits per heavy atom. The van der Waals surface area contributed by atoms with Crippen LogP contribution in [0.4, 0.5) is 5.69 Å². The maximum atomic E-state index is 13.7. The van der Waals surface area contributed by atoms with Crippen LogP contribution in [0, 0.1) is 0 Å². The summed E-state index contributed by atoms with van der Waals surface area (Å²) in [5, 5.41) is 0.0765. The summed E-state index contributed by atoms with van der Waals surface area (Å²) in [5.41, 5.74) is 8.41. The molecule has 2 heterocycles. The van der Waals surface area contributed by atoms with Crippen molar-refractivity contribution < 1.29 is 33.0 Å². The molecule has 1 saturated heterocycles. The number of hydrogen-bond acceptors (Lipinski definition) is 9. The molecule has 1 amide bonds. The molecule has 246 valence electrons. The number of amides is 1. The predicted molar refractivity (Wildman–Crippen MR) is 179 cm³/mol. The molecule has 1 aromatic carbocycles. The molecule has 0 radical (unpaired) electrons. The van der Waals surface area contributed by atoms with Crippen molar-refractivity contribution in [3.8, 4) is 17.2 Å². The fraction of sp³-hybridized carbons (Fsp3) is 0.500. The van der Waals surface area contributed by atoms with Crippen LogP contribution >= 0.6 is 0 Å². The van der Waals surface area contributed by atoms with Crippen LogP contribution in [-0.2, 0) is 9.16 Å². The lowest BCUT2D eigenvalue weighted by molar-refractivity contribution is 0.0548. The molecule has 0 spiro atoms. The average molecular weight is 640 g/mol. The second-order valence-corrected chi connectivity index (χ2v) is 17.6. The molecule has 0 aliphatic carbocycles. The molecule has 1 atom stereocenters. The van der Waals surface area contributed by atoms with E-state index in [1.165, 1.54) is 12.3 Å². The van der Waals surface area contributed by atoms with Gasteiger partial charge in [0, 0.05) is 24.5 Å². The number of anilines is 1. The number of hydrogen-bond donors (Lipinski definition) is 1. The molecular weight excluding hydrogens is 590 g/mol. The summed E-state index contributed by atoms with van der Waals surface area (Å²) in [5.74, 6) is 0.784. The second kappa shape index (κ2) is 15.9. The van der Waals surface area contributed by atoms with Gasteiger partial charge in [-0.2, -0.15) is 0 Å². The average Bonchev–Trinajstić information content (AvgIpc) is 3.38. The molecule has 10 nitrogen and oxygen atoms in total. The fourth-order valence-electron chi connectivity index (χ4n) is 4.55. The van der Waals surface area contributed by atoms with Crippen LogP contribution in [0.2, 0.25) is 18.1 Å². The summed E-state index contributed by atoms with van der Waals surface area (Å²) in [6.07, 6.45) is 7.60. The molecule has 2 aromatic rings. The van der Waals surface area contributed by atoms with Crippen LogP contribution in [-0.4, -0.2) is 76.2 Å². The molecule has 11 heteroatoms. The first-order valence-electron chi connectivity index (χ1n) is 15.3. The van der Waals surface area contributed by atoms with Gasteiger partial charge in [0.15, 0.2) is 19.8 Å². The number of benzene rings is 1. The Balaban J connectivity index is 1.51. The van der Waals surface area contributed by atoms with Gasteiger partial charge in [0.2, 0.25) is 0 Å². The number of nitrogen functional groups attached to an aromatic ring is 1. The van der Waals surface area contributed by atoms with E-state index in [0.717, 1.165) is 24.8 Å². The molecule has 1 aliphatic heterocycles. The Morgan fingerprint density at radius 3 is 2.47 bits per heavy atom. The van der Waals surface area contributed by atoms with Crippen molar-refractivity contribution in [2.75, 3.05) is 45.8 Å². The number of nitrogens with zero attached hydrogens (tertiary/aromatic N) is 2. The molecule has 0 saturated carbocycles. The minimum Gasteiger partial charge on any atom is -0.493 e. The minimum atomic E-state index is -1.98. The van der Waals surface area contributed by atoms with E-state index in [0.29, 0.717) is 66.8 Å². The van der Waals surface area contributed by atoms with Crippen LogP contribution in [0.1, 0.15) is 67.2 Å². The minimum absolute atomic E-state index is 0.0765. The summed E-state index contributed by atoms with van der Waals surface area (Å²) in [6, 6.07) is 4.82. The maximum absolute atomic E-state index is 13.7. The van der Waals surface area contributed by atoms with E-state index in [9.17, 15) is 9.59 Å². The van der Waals surface area contributed by atoms with Crippen LogP contribution in [0.25, 0.3) is 0 Å². The van der Waals surface area contributed by atoms with Gasteiger partial charge in [-0.15, -0.1) is 0 Å². The molecule has 1 aromatic heterocycles. The predicted octanol–water partition coefficient (Wildman–Crippen LogP) is 6.44. The molecule has 0 unspecified atom stereocenters. The smallest absolute Gasteiger partial charge is 0.340 e. The van der Waals surface area contributed by atoms with E-state index in [1.54, 1.807) is 31.5 Å². The third-order valence-electron chi connectivity index (χ3n) is 8.22. The van der Waals surface area contributed by atoms with Crippen LogP contribution < -0.4 is 19.9 Å². The van der Waals surface area contributed by atoms with Crippen molar-refractivity contribution in [2.45, 2.75) is 70.6 Å². The van der Waals surface area contributed by atoms with Gasteiger partial charge < -0.3 is 34.0 Å². The van der Waals surface area contributed by atoms with Gasteiger partial charge in [-0.25, -0.2) is 4.79 Å². The van der Waals surface area contributed by atoms with Gasteiger partial charge in [-0.3, -0.25) is 9.78 Å². The van der Waals surface area contributed by atoms with Gasteiger partial charge >= 0.3 is 5.97 Å². The normalized spacial score (nSPS) is 15.1. The first kappa shape index (κ1) is 35.6. The summed E-state index contributed by atoms with van der Waals surface area (Å²) in [4.78, 5) is 31.5. The highest BCUT2D eigenvalue weighted by Gasteiger charge is 2.40. The fourth-order valence-corrected chi connectivity index (χ4v) is 5.60. The molecule has 0 bridgehead atoms. The standard InChI is InChI=1S/C34H49N3O7Si/c1-9-13-43-33(39)25-17-27(21-36-20-25)41-14-11-10-12-15-42-31-19-29(35)28(18-30(31)40-6)32(38)37-22-24(2)16-26(37)23-44-45(7,8)34(3,4)5/h9,17-21,26H,1-2,10-16,22-23,35H2,3-8H3/t26-/m0/s1. The van der Waals surface area contributed by atoms with E-state index in [4.69, 9.17) is 29.1 Å². The van der Waals surface area contributed by atoms with Gasteiger partial charge in [-0.1, -0.05) is 45.6 Å². The number of rotatable bonds is 16. The molecule has 45 heavy (non-hydrogen) atoms. The van der Waals surface area contributed by atoms with E-state index in [-0.39, 0.29) is 23.6 Å². The Kier molecular flexibility index (Phi) is 12.6. The summed E-state index contributed by atoms with van der Waals surface area (Å²) in [6.45, 7) is 20.7. The van der Waals surface area contributed by atoms with Crippen molar-refractivity contribution in [3.05, 3.63) is 66.5 Å². The van der Waals surface area contributed by atoms with Crippen LogP contribution in [0.3, 0.4) is 0 Å². The number of carbonyl (C=O) groups excluding carboxylic acids is 2. The third-order valence-corrected chi connectivity index (χ3v) is 12.7. The molecular formula is C34H49N3O7Si. The van der Waals surface area contributed by atoms with E-state index in [2.05, 4.69) is 52.0 Å². The van der Waals surface area contributed by atoms with Gasteiger partial charge in [0.1, 0.15) is 12.4 Å². The van der Waals surface area contributed by atoms with E-state index in [1.807, 2.05) is 4.90 Å².